The van der Waals surface area contributed by atoms with Gasteiger partial charge in [0.1, 0.15) is 5.75 Å². The summed E-state index contributed by atoms with van der Waals surface area (Å²) in [6.07, 6.45) is 0. The van der Waals surface area contributed by atoms with Crippen LogP contribution in [0, 0.1) is 5.82 Å². The van der Waals surface area contributed by atoms with Gasteiger partial charge in [0.15, 0.2) is 11.6 Å². The molecule has 0 aliphatic rings. The van der Waals surface area contributed by atoms with Gasteiger partial charge in [-0.05, 0) is 42.8 Å². The fourth-order valence-electron chi connectivity index (χ4n) is 2.03. The van der Waals surface area contributed by atoms with Crippen LogP contribution >= 0.6 is 11.6 Å². The van der Waals surface area contributed by atoms with Gasteiger partial charge in [-0.3, -0.25) is 0 Å². The van der Waals surface area contributed by atoms with E-state index >= 15 is 0 Å². The quantitative estimate of drug-likeness (QED) is 0.875. The van der Waals surface area contributed by atoms with Crippen molar-refractivity contribution in [3.8, 4) is 11.5 Å². The van der Waals surface area contributed by atoms with Crippen LogP contribution in [0.2, 0.25) is 5.02 Å². The summed E-state index contributed by atoms with van der Waals surface area (Å²) in [5, 5.41) is 13.5. The van der Waals surface area contributed by atoms with E-state index < -0.39 is 5.82 Å². The molecule has 0 fully saturated rings. The largest absolute Gasteiger partial charge is 0.508 e. The number of ether oxygens (including phenoxy) is 1. The van der Waals surface area contributed by atoms with E-state index in [0.717, 1.165) is 5.56 Å². The van der Waals surface area contributed by atoms with E-state index in [1.165, 1.54) is 13.2 Å². The van der Waals surface area contributed by atoms with E-state index in [9.17, 15) is 9.50 Å². The van der Waals surface area contributed by atoms with Crippen LogP contribution in [0.15, 0.2) is 36.4 Å². The fourth-order valence-corrected chi connectivity index (χ4v) is 2.22. The van der Waals surface area contributed by atoms with Gasteiger partial charge >= 0.3 is 0 Å². The lowest BCUT2D eigenvalue weighted by atomic mass is 10.1. The number of benzene rings is 2. The van der Waals surface area contributed by atoms with Crippen LogP contribution in [0.4, 0.5) is 4.39 Å². The minimum Gasteiger partial charge on any atom is -0.508 e. The highest BCUT2D eigenvalue weighted by atomic mass is 35.5. The van der Waals surface area contributed by atoms with Crippen LogP contribution in [-0.2, 0) is 6.54 Å². The highest BCUT2D eigenvalue weighted by molar-refractivity contribution is 6.30. The van der Waals surface area contributed by atoms with Crippen molar-refractivity contribution >= 4 is 11.6 Å². The lowest BCUT2D eigenvalue weighted by molar-refractivity contribution is 0.385. The zero-order valence-electron chi connectivity index (χ0n) is 11.9. The average molecular weight is 310 g/mol. The molecule has 2 aromatic carbocycles. The molecule has 0 heterocycles. The lowest BCUT2D eigenvalue weighted by Gasteiger charge is -2.16. The molecular formula is C16H17ClFNO2. The summed E-state index contributed by atoms with van der Waals surface area (Å²) < 4.78 is 18.6. The average Bonchev–Trinajstić information content (AvgIpc) is 2.47. The van der Waals surface area contributed by atoms with Crippen molar-refractivity contribution in [3.05, 3.63) is 58.4 Å². The molecule has 5 heteroatoms. The van der Waals surface area contributed by atoms with Gasteiger partial charge in [0.2, 0.25) is 0 Å². The molecule has 2 aromatic rings. The molecule has 1 atom stereocenters. The van der Waals surface area contributed by atoms with Crippen molar-refractivity contribution in [3.63, 3.8) is 0 Å². The molecule has 21 heavy (non-hydrogen) atoms. The van der Waals surface area contributed by atoms with E-state index in [4.69, 9.17) is 16.3 Å². The van der Waals surface area contributed by atoms with Gasteiger partial charge in [-0.25, -0.2) is 4.39 Å². The number of aromatic hydroxyl groups is 1. The molecule has 2 rings (SSSR count). The van der Waals surface area contributed by atoms with E-state index in [0.29, 0.717) is 17.1 Å². The lowest BCUT2D eigenvalue weighted by Crippen LogP contribution is -2.18. The van der Waals surface area contributed by atoms with Crippen LogP contribution in [0.3, 0.4) is 0 Å². The number of phenols is 1. The Kier molecular flexibility index (Phi) is 5.04. The van der Waals surface area contributed by atoms with Crippen LogP contribution in [0.5, 0.6) is 11.5 Å². The number of methoxy groups -OCH3 is 1. The Morgan fingerprint density at radius 1 is 1.29 bits per heavy atom. The molecule has 112 valence electrons. The summed E-state index contributed by atoms with van der Waals surface area (Å²) in [6.45, 7) is 2.35. The number of phenolic OH excluding ortho intramolecular Hbond substituents is 1. The van der Waals surface area contributed by atoms with Crippen molar-refractivity contribution in [1.29, 1.82) is 0 Å². The van der Waals surface area contributed by atoms with Crippen molar-refractivity contribution in [2.75, 3.05) is 7.11 Å². The summed E-state index contributed by atoms with van der Waals surface area (Å²) in [6, 6.07) is 9.64. The van der Waals surface area contributed by atoms with Crippen molar-refractivity contribution < 1.29 is 14.2 Å². The predicted octanol–water partition coefficient (Wildman–Crippen LogP) is 4.04. The Morgan fingerprint density at radius 2 is 2.05 bits per heavy atom. The topological polar surface area (TPSA) is 41.5 Å². The van der Waals surface area contributed by atoms with Gasteiger partial charge in [-0.1, -0.05) is 17.7 Å². The number of rotatable bonds is 5. The van der Waals surface area contributed by atoms with Crippen molar-refractivity contribution in [2.24, 2.45) is 0 Å². The number of hydrogen-bond acceptors (Lipinski definition) is 3. The SMILES string of the molecule is COc1ccc(C(C)NCc2cc(Cl)ccc2O)cc1F. The monoisotopic (exact) mass is 309 g/mol. The van der Waals surface area contributed by atoms with Crippen molar-refractivity contribution in [2.45, 2.75) is 19.5 Å². The van der Waals surface area contributed by atoms with Gasteiger partial charge in [-0.15, -0.1) is 0 Å². The highest BCUT2D eigenvalue weighted by Crippen LogP contribution is 2.24. The third-order valence-electron chi connectivity index (χ3n) is 3.32. The first-order valence-corrected chi connectivity index (χ1v) is 6.93. The molecule has 0 radical (unpaired) electrons. The van der Waals surface area contributed by atoms with Gasteiger partial charge in [0, 0.05) is 23.2 Å². The molecule has 2 N–H and O–H groups in total. The summed E-state index contributed by atoms with van der Waals surface area (Å²) in [5.74, 6) is 0.00713. The second-order valence-corrected chi connectivity index (χ2v) is 5.21. The first-order chi connectivity index (χ1) is 10.0. The molecular weight excluding hydrogens is 293 g/mol. The Labute approximate surface area is 128 Å². The van der Waals surface area contributed by atoms with E-state index in [-0.39, 0.29) is 17.5 Å². The standard InChI is InChI=1S/C16H17ClFNO2/c1-10(11-3-6-16(21-2)14(18)8-11)19-9-12-7-13(17)4-5-15(12)20/h3-8,10,19-20H,9H2,1-2H3. The minimum absolute atomic E-state index is 0.0798. The molecule has 0 aliphatic heterocycles. The normalized spacial score (nSPS) is 12.2. The third kappa shape index (κ3) is 3.86. The Balaban J connectivity index is 2.06. The summed E-state index contributed by atoms with van der Waals surface area (Å²) in [7, 11) is 1.43. The van der Waals surface area contributed by atoms with E-state index in [1.54, 1.807) is 30.3 Å². The van der Waals surface area contributed by atoms with E-state index in [1.807, 2.05) is 6.92 Å². The maximum Gasteiger partial charge on any atom is 0.165 e. The Bertz CT molecular complexity index is 634. The summed E-state index contributed by atoms with van der Waals surface area (Å²) in [4.78, 5) is 0. The summed E-state index contributed by atoms with van der Waals surface area (Å²) in [5.41, 5.74) is 1.50. The van der Waals surface area contributed by atoms with Crippen molar-refractivity contribution in [1.82, 2.24) is 5.32 Å². The van der Waals surface area contributed by atoms with Crippen LogP contribution in [0.25, 0.3) is 0 Å². The van der Waals surface area contributed by atoms with Crippen LogP contribution in [0.1, 0.15) is 24.1 Å². The maximum absolute atomic E-state index is 13.7. The number of nitrogens with one attached hydrogen (secondary N) is 1. The van der Waals surface area contributed by atoms with Gasteiger partial charge < -0.3 is 15.2 Å². The van der Waals surface area contributed by atoms with Gasteiger partial charge in [-0.2, -0.15) is 0 Å². The fraction of sp³-hybridized carbons (Fsp3) is 0.250. The summed E-state index contributed by atoms with van der Waals surface area (Å²) >= 11 is 5.90. The van der Waals surface area contributed by atoms with E-state index in [2.05, 4.69) is 5.32 Å². The second-order valence-electron chi connectivity index (χ2n) is 4.77. The molecule has 0 bridgehead atoms. The number of halogens is 2. The maximum atomic E-state index is 13.7. The molecule has 0 aromatic heterocycles. The predicted molar refractivity (Wildman–Crippen MR) is 81.3 cm³/mol. The molecule has 0 spiro atoms. The molecule has 0 saturated heterocycles. The Hall–Kier alpha value is -1.78. The second kappa shape index (κ2) is 6.78. The molecule has 0 saturated carbocycles. The molecule has 1 unspecified atom stereocenters. The highest BCUT2D eigenvalue weighted by Gasteiger charge is 2.10. The zero-order chi connectivity index (χ0) is 15.4. The first-order valence-electron chi connectivity index (χ1n) is 6.55. The van der Waals surface area contributed by atoms with Gasteiger partial charge in [0.25, 0.3) is 0 Å². The van der Waals surface area contributed by atoms with Crippen LogP contribution in [-0.4, -0.2) is 12.2 Å². The minimum atomic E-state index is -0.394. The van der Waals surface area contributed by atoms with Crippen LogP contribution < -0.4 is 10.1 Å². The molecule has 0 amide bonds. The zero-order valence-corrected chi connectivity index (χ0v) is 12.6. The smallest absolute Gasteiger partial charge is 0.165 e. The number of hydrogen-bond donors (Lipinski definition) is 2. The van der Waals surface area contributed by atoms with Gasteiger partial charge in [0.05, 0.1) is 7.11 Å². The molecule has 0 aliphatic carbocycles. The first kappa shape index (κ1) is 15.6. The molecule has 3 nitrogen and oxygen atoms in total. The third-order valence-corrected chi connectivity index (χ3v) is 3.55. The Morgan fingerprint density at radius 3 is 2.71 bits per heavy atom.